The number of ether oxygens (including phenoxy) is 2. The maximum atomic E-state index is 13.7. The van der Waals surface area contributed by atoms with Gasteiger partial charge in [0.1, 0.15) is 11.5 Å². The topological polar surface area (TPSA) is 93.4 Å². The van der Waals surface area contributed by atoms with Gasteiger partial charge in [-0.2, -0.15) is 0 Å². The van der Waals surface area contributed by atoms with Crippen LogP contribution < -0.4 is 24.5 Å². The highest BCUT2D eigenvalue weighted by molar-refractivity contribution is 7.07. The molecule has 1 aromatic heterocycles. The Hall–Kier alpha value is -3.85. The Morgan fingerprint density at radius 3 is 2.46 bits per heavy atom. The number of allylic oxidation sites excluding steroid dienone is 1. The number of esters is 1. The van der Waals surface area contributed by atoms with Gasteiger partial charge in [0.05, 0.1) is 35.6 Å². The van der Waals surface area contributed by atoms with Crippen LogP contribution in [-0.4, -0.2) is 42.4 Å². The first-order valence-corrected chi connectivity index (χ1v) is 13.1. The predicted octanol–water partition coefficient (Wildman–Crippen LogP) is 3.36. The molecule has 3 aromatic rings. The fourth-order valence-electron chi connectivity index (χ4n) is 4.47. The van der Waals surface area contributed by atoms with E-state index in [1.165, 1.54) is 15.9 Å². The lowest BCUT2D eigenvalue weighted by atomic mass is 9.96. The van der Waals surface area contributed by atoms with Gasteiger partial charge in [-0.1, -0.05) is 23.5 Å². The molecule has 8 nitrogen and oxygen atoms in total. The number of carbonyl (C=O) groups excluding carboxylic acids is 1. The molecule has 0 amide bonds. The van der Waals surface area contributed by atoms with Gasteiger partial charge < -0.3 is 19.5 Å². The highest BCUT2D eigenvalue weighted by Crippen LogP contribution is 2.32. The van der Waals surface area contributed by atoms with Crippen molar-refractivity contribution >= 4 is 29.1 Å². The SMILES string of the molecule is CCOC(=O)C1=C(C)N=c2s/c(=C\c3ccc(N(CC)CC)cc3O)c(=O)n2[C@@H]1c1ccc(OC)cc1. The Labute approximate surface area is 219 Å². The van der Waals surface area contributed by atoms with E-state index in [-0.39, 0.29) is 17.9 Å². The Morgan fingerprint density at radius 1 is 1.16 bits per heavy atom. The van der Waals surface area contributed by atoms with Crippen LogP contribution in [0.2, 0.25) is 0 Å². The Balaban J connectivity index is 1.88. The summed E-state index contributed by atoms with van der Waals surface area (Å²) in [5.41, 5.74) is 2.69. The van der Waals surface area contributed by atoms with Crippen LogP contribution in [0.4, 0.5) is 5.69 Å². The van der Waals surface area contributed by atoms with E-state index < -0.39 is 12.0 Å². The predicted molar refractivity (Wildman–Crippen MR) is 145 cm³/mol. The first kappa shape index (κ1) is 26.2. The second-order valence-corrected chi connectivity index (χ2v) is 9.50. The minimum atomic E-state index is -0.706. The fourth-order valence-corrected chi connectivity index (χ4v) is 5.51. The average molecular weight is 522 g/mol. The van der Waals surface area contributed by atoms with E-state index in [1.54, 1.807) is 51.3 Å². The van der Waals surface area contributed by atoms with Crippen LogP contribution in [0.5, 0.6) is 11.5 Å². The van der Waals surface area contributed by atoms with E-state index in [9.17, 15) is 14.7 Å². The number of hydrogen-bond donors (Lipinski definition) is 1. The van der Waals surface area contributed by atoms with Crippen LogP contribution in [0.15, 0.2) is 63.5 Å². The molecular formula is C28H31N3O5S. The molecular weight excluding hydrogens is 490 g/mol. The lowest BCUT2D eigenvalue weighted by molar-refractivity contribution is -0.139. The van der Waals surface area contributed by atoms with Crippen molar-refractivity contribution in [3.63, 3.8) is 0 Å². The van der Waals surface area contributed by atoms with Crippen LogP contribution in [0.3, 0.4) is 0 Å². The van der Waals surface area contributed by atoms with Crippen LogP contribution in [-0.2, 0) is 9.53 Å². The summed E-state index contributed by atoms with van der Waals surface area (Å²) in [5, 5.41) is 10.7. The summed E-state index contributed by atoms with van der Waals surface area (Å²) in [4.78, 5) is 33.9. The van der Waals surface area contributed by atoms with E-state index in [0.717, 1.165) is 24.3 Å². The van der Waals surface area contributed by atoms with Gasteiger partial charge in [0.25, 0.3) is 5.56 Å². The number of fused-ring (bicyclic) bond motifs is 1. The molecule has 2 heterocycles. The van der Waals surface area contributed by atoms with Crippen molar-refractivity contribution in [2.75, 3.05) is 31.7 Å². The molecule has 0 radical (unpaired) electrons. The summed E-state index contributed by atoms with van der Waals surface area (Å²) in [6, 6.07) is 12.0. The second kappa shape index (κ2) is 11.0. The number of thiazole rings is 1. The summed E-state index contributed by atoms with van der Waals surface area (Å²) in [7, 11) is 1.58. The maximum Gasteiger partial charge on any atom is 0.338 e. The molecule has 0 spiro atoms. The third-order valence-corrected chi connectivity index (χ3v) is 7.36. The molecule has 1 aliphatic heterocycles. The van der Waals surface area contributed by atoms with Gasteiger partial charge in [-0.15, -0.1) is 0 Å². The van der Waals surface area contributed by atoms with E-state index in [4.69, 9.17) is 9.47 Å². The van der Waals surface area contributed by atoms with Crippen LogP contribution in [0.1, 0.15) is 44.9 Å². The Bertz CT molecular complexity index is 1510. The zero-order chi connectivity index (χ0) is 26.7. The molecule has 0 saturated heterocycles. The van der Waals surface area contributed by atoms with Crippen molar-refractivity contribution < 1.29 is 19.4 Å². The first-order valence-electron chi connectivity index (χ1n) is 12.2. The van der Waals surface area contributed by atoms with Gasteiger partial charge in [0, 0.05) is 30.4 Å². The van der Waals surface area contributed by atoms with Crippen molar-refractivity contribution in [3.05, 3.63) is 84.5 Å². The zero-order valence-electron chi connectivity index (χ0n) is 21.6. The molecule has 9 heteroatoms. The number of aromatic hydroxyl groups is 1. The highest BCUT2D eigenvalue weighted by Gasteiger charge is 2.33. The second-order valence-electron chi connectivity index (χ2n) is 8.49. The Morgan fingerprint density at radius 2 is 1.86 bits per heavy atom. The van der Waals surface area contributed by atoms with Crippen molar-refractivity contribution in [3.8, 4) is 11.5 Å². The van der Waals surface area contributed by atoms with Crippen LogP contribution >= 0.6 is 11.3 Å². The van der Waals surface area contributed by atoms with E-state index in [2.05, 4.69) is 23.7 Å². The maximum absolute atomic E-state index is 13.7. The van der Waals surface area contributed by atoms with Gasteiger partial charge in [-0.05, 0) is 63.6 Å². The summed E-state index contributed by atoms with van der Waals surface area (Å²) in [5.74, 6) is 0.243. The van der Waals surface area contributed by atoms with E-state index >= 15 is 0 Å². The van der Waals surface area contributed by atoms with Gasteiger partial charge in [0.2, 0.25) is 0 Å². The lowest BCUT2D eigenvalue weighted by Gasteiger charge is -2.24. The fraction of sp³-hybridized carbons (Fsp3) is 0.321. The molecule has 1 atom stereocenters. The summed E-state index contributed by atoms with van der Waals surface area (Å²) >= 11 is 1.22. The first-order chi connectivity index (χ1) is 17.8. The summed E-state index contributed by atoms with van der Waals surface area (Å²) in [6.07, 6.45) is 1.67. The number of hydrogen-bond acceptors (Lipinski definition) is 8. The number of carbonyl (C=O) groups is 1. The minimum Gasteiger partial charge on any atom is -0.507 e. The smallest absolute Gasteiger partial charge is 0.338 e. The lowest BCUT2D eigenvalue weighted by Crippen LogP contribution is -2.39. The molecule has 0 unspecified atom stereocenters. The van der Waals surface area contributed by atoms with E-state index in [0.29, 0.717) is 31.9 Å². The third kappa shape index (κ3) is 5.04. The number of benzene rings is 2. The molecule has 1 aliphatic rings. The van der Waals surface area contributed by atoms with Gasteiger partial charge >= 0.3 is 5.97 Å². The van der Waals surface area contributed by atoms with Crippen LogP contribution in [0.25, 0.3) is 6.08 Å². The number of phenols is 1. The number of methoxy groups -OCH3 is 1. The molecule has 194 valence electrons. The third-order valence-electron chi connectivity index (χ3n) is 6.38. The van der Waals surface area contributed by atoms with Crippen molar-refractivity contribution in [1.29, 1.82) is 0 Å². The van der Waals surface area contributed by atoms with Crippen molar-refractivity contribution in [2.45, 2.75) is 33.7 Å². The molecule has 4 rings (SSSR count). The number of rotatable bonds is 8. The monoisotopic (exact) mass is 521 g/mol. The summed E-state index contributed by atoms with van der Waals surface area (Å²) < 4.78 is 12.5. The molecule has 0 fully saturated rings. The van der Waals surface area contributed by atoms with E-state index in [1.807, 2.05) is 18.2 Å². The highest BCUT2D eigenvalue weighted by atomic mass is 32.1. The molecule has 2 aromatic carbocycles. The average Bonchev–Trinajstić information content (AvgIpc) is 3.19. The molecule has 0 aliphatic carbocycles. The number of nitrogens with zero attached hydrogens (tertiary/aromatic N) is 3. The molecule has 0 bridgehead atoms. The van der Waals surface area contributed by atoms with Crippen molar-refractivity contribution in [2.24, 2.45) is 4.99 Å². The number of anilines is 1. The molecule has 37 heavy (non-hydrogen) atoms. The number of phenolic OH excluding ortho intramolecular Hbond substituents is 1. The van der Waals surface area contributed by atoms with Gasteiger partial charge in [-0.3, -0.25) is 9.36 Å². The minimum absolute atomic E-state index is 0.0883. The molecule has 1 N–H and O–H groups in total. The van der Waals surface area contributed by atoms with Gasteiger partial charge in [-0.25, -0.2) is 9.79 Å². The normalized spacial score (nSPS) is 15.3. The largest absolute Gasteiger partial charge is 0.507 e. The van der Waals surface area contributed by atoms with Gasteiger partial charge in [0.15, 0.2) is 4.80 Å². The standard InChI is InChI=1S/C28H31N3O5S/c1-6-30(7-2)20-12-9-19(22(32)16-20)15-23-26(33)31-25(18-10-13-21(35-5)14-11-18)24(27(34)36-8-3)17(4)29-28(31)37-23/h9-16,25,32H,6-8H2,1-5H3/b23-15-/t25-/m1/s1. The number of aromatic nitrogens is 1. The zero-order valence-corrected chi connectivity index (χ0v) is 22.5. The Kier molecular flexibility index (Phi) is 7.83. The summed E-state index contributed by atoms with van der Waals surface area (Å²) in [6.45, 7) is 9.45. The quantitative estimate of drug-likeness (QED) is 0.457. The van der Waals surface area contributed by atoms with Crippen LogP contribution in [0, 0.1) is 0 Å². The molecule has 0 saturated carbocycles. The van der Waals surface area contributed by atoms with Crippen molar-refractivity contribution in [1.82, 2.24) is 4.57 Å².